The van der Waals surface area contributed by atoms with Crippen LogP contribution in [0.15, 0.2) is 66.7 Å². The molecule has 2 unspecified atom stereocenters. The first-order valence-electron chi connectivity index (χ1n) is 13.9. The Morgan fingerprint density at radius 1 is 1.02 bits per heavy atom. The number of benzene rings is 3. The second-order valence-electron chi connectivity index (χ2n) is 11.1. The van der Waals surface area contributed by atoms with Crippen LogP contribution >= 0.6 is 0 Å². The van der Waals surface area contributed by atoms with Gasteiger partial charge in [0.05, 0.1) is 7.11 Å². The van der Waals surface area contributed by atoms with Gasteiger partial charge in [-0.2, -0.15) is 0 Å². The number of carbonyl (C=O) groups is 2. The SMILES string of the molecule is COc1cccc(-c2ccc(CNC(=O)C3CC3c3ccccc3)c3c2CCN(C(=O)NC2CC(F)(F)C2)C3)c1. The summed E-state index contributed by atoms with van der Waals surface area (Å²) in [4.78, 5) is 27.7. The van der Waals surface area contributed by atoms with E-state index in [9.17, 15) is 18.4 Å². The Morgan fingerprint density at radius 3 is 2.58 bits per heavy atom. The first-order valence-corrected chi connectivity index (χ1v) is 13.9. The highest BCUT2D eigenvalue weighted by Crippen LogP contribution is 2.47. The normalized spacial score (nSPS) is 21.1. The average molecular weight is 546 g/mol. The minimum Gasteiger partial charge on any atom is -0.497 e. The van der Waals surface area contributed by atoms with Gasteiger partial charge in [-0.15, -0.1) is 0 Å². The lowest BCUT2D eigenvalue weighted by Crippen LogP contribution is -2.54. The fourth-order valence-corrected chi connectivity index (χ4v) is 6.04. The lowest BCUT2D eigenvalue weighted by atomic mass is 9.87. The topological polar surface area (TPSA) is 70.7 Å². The number of methoxy groups -OCH3 is 1. The van der Waals surface area contributed by atoms with Crippen molar-refractivity contribution in [2.75, 3.05) is 13.7 Å². The van der Waals surface area contributed by atoms with Gasteiger partial charge in [0.25, 0.3) is 5.92 Å². The molecule has 0 saturated heterocycles. The highest BCUT2D eigenvalue weighted by molar-refractivity contribution is 5.83. The summed E-state index contributed by atoms with van der Waals surface area (Å²) >= 11 is 0. The van der Waals surface area contributed by atoms with Crippen molar-refractivity contribution in [1.29, 1.82) is 0 Å². The van der Waals surface area contributed by atoms with Gasteiger partial charge in [-0.1, -0.05) is 54.6 Å². The molecule has 0 bridgehead atoms. The predicted molar refractivity (Wildman–Crippen MR) is 148 cm³/mol. The maximum atomic E-state index is 13.3. The fourth-order valence-electron chi connectivity index (χ4n) is 6.04. The Balaban J connectivity index is 1.21. The van der Waals surface area contributed by atoms with Crippen LogP contribution in [-0.4, -0.2) is 42.5 Å². The molecule has 1 aliphatic heterocycles. The molecule has 1 heterocycles. The number of hydrogen-bond acceptors (Lipinski definition) is 3. The van der Waals surface area contributed by atoms with Gasteiger partial charge in [0.1, 0.15) is 5.75 Å². The van der Waals surface area contributed by atoms with Crippen LogP contribution < -0.4 is 15.4 Å². The Labute approximate surface area is 232 Å². The van der Waals surface area contributed by atoms with Gasteiger partial charge in [-0.05, 0) is 64.3 Å². The van der Waals surface area contributed by atoms with E-state index in [0.29, 0.717) is 26.1 Å². The third-order valence-electron chi connectivity index (χ3n) is 8.40. The number of alkyl halides is 2. The number of rotatable bonds is 7. The molecule has 3 aromatic rings. The second kappa shape index (κ2) is 10.6. The molecule has 208 valence electrons. The van der Waals surface area contributed by atoms with E-state index in [1.807, 2.05) is 48.5 Å². The van der Waals surface area contributed by atoms with Crippen LogP contribution in [0.3, 0.4) is 0 Å². The molecule has 0 aromatic heterocycles. The zero-order valence-corrected chi connectivity index (χ0v) is 22.5. The van der Waals surface area contributed by atoms with Gasteiger partial charge in [0, 0.05) is 44.4 Å². The lowest BCUT2D eigenvalue weighted by molar-refractivity contribution is -0.122. The lowest BCUT2D eigenvalue weighted by Gasteiger charge is -2.38. The fraction of sp³-hybridized carbons (Fsp3) is 0.375. The van der Waals surface area contributed by atoms with Crippen molar-refractivity contribution in [2.45, 2.75) is 56.7 Å². The van der Waals surface area contributed by atoms with Crippen LogP contribution in [0, 0.1) is 5.92 Å². The minimum atomic E-state index is -2.69. The molecular weight excluding hydrogens is 512 g/mol. The summed E-state index contributed by atoms with van der Waals surface area (Å²) in [5.74, 6) is -1.67. The highest BCUT2D eigenvalue weighted by Gasteiger charge is 2.46. The van der Waals surface area contributed by atoms with Crippen molar-refractivity contribution in [3.05, 3.63) is 89.0 Å². The molecule has 3 amide bonds. The van der Waals surface area contributed by atoms with Crippen molar-refractivity contribution >= 4 is 11.9 Å². The van der Waals surface area contributed by atoms with Crippen molar-refractivity contribution in [2.24, 2.45) is 5.92 Å². The number of urea groups is 1. The molecule has 6 rings (SSSR count). The standard InChI is InChI=1S/C32H33F2N3O3/c1-40-24-9-5-8-21(14-24)25-11-10-22(18-35-30(38)28-15-27(28)20-6-3-2-4-7-20)29-19-37(13-12-26(25)29)31(39)36-23-16-32(33,34)17-23/h2-11,14,23,27-28H,12-13,15-19H2,1H3,(H,35,38)(H,36,39). The first-order chi connectivity index (χ1) is 19.3. The number of ether oxygens (including phenoxy) is 1. The average Bonchev–Trinajstić information content (AvgIpc) is 3.76. The summed E-state index contributed by atoms with van der Waals surface area (Å²) in [6.07, 6.45) is 0.838. The van der Waals surface area contributed by atoms with Gasteiger partial charge >= 0.3 is 6.03 Å². The number of nitrogens with one attached hydrogen (secondary N) is 2. The Kier molecular flexibility index (Phi) is 6.94. The molecule has 3 aliphatic rings. The van der Waals surface area contributed by atoms with Gasteiger partial charge in [0.2, 0.25) is 5.91 Å². The number of nitrogens with zero attached hydrogens (tertiary/aromatic N) is 1. The number of hydrogen-bond donors (Lipinski definition) is 2. The molecule has 2 atom stereocenters. The van der Waals surface area contributed by atoms with E-state index < -0.39 is 12.0 Å². The molecule has 3 aromatic carbocycles. The van der Waals surface area contributed by atoms with E-state index in [1.54, 1.807) is 12.0 Å². The summed E-state index contributed by atoms with van der Waals surface area (Å²) in [5.41, 5.74) is 6.36. The molecule has 6 nitrogen and oxygen atoms in total. The van der Waals surface area contributed by atoms with Gasteiger partial charge in [0.15, 0.2) is 0 Å². The van der Waals surface area contributed by atoms with Crippen molar-refractivity contribution < 1.29 is 23.1 Å². The monoisotopic (exact) mass is 545 g/mol. The predicted octanol–water partition coefficient (Wildman–Crippen LogP) is 5.65. The smallest absolute Gasteiger partial charge is 0.317 e. The van der Waals surface area contributed by atoms with Gasteiger partial charge < -0.3 is 20.3 Å². The second-order valence-corrected chi connectivity index (χ2v) is 11.1. The summed E-state index contributed by atoms with van der Waals surface area (Å²) in [6, 6.07) is 21.2. The Hall–Kier alpha value is -3.94. The van der Waals surface area contributed by atoms with Crippen LogP contribution in [0.5, 0.6) is 5.75 Å². The third kappa shape index (κ3) is 5.40. The van der Waals surface area contributed by atoms with E-state index in [1.165, 1.54) is 5.56 Å². The van der Waals surface area contributed by atoms with Crippen LogP contribution in [0.1, 0.15) is 47.4 Å². The Bertz CT molecular complexity index is 1420. The number of amides is 3. The summed E-state index contributed by atoms with van der Waals surface area (Å²) in [5, 5.41) is 5.90. The molecule has 2 saturated carbocycles. The van der Waals surface area contributed by atoms with Crippen LogP contribution in [0.4, 0.5) is 13.6 Å². The van der Waals surface area contributed by atoms with Gasteiger partial charge in [-0.25, -0.2) is 13.6 Å². The molecule has 0 radical (unpaired) electrons. The maximum Gasteiger partial charge on any atom is 0.317 e. The largest absolute Gasteiger partial charge is 0.497 e. The summed E-state index contributed by atoms with van der Waals surface area (Å²) in [6.45, 7) is 1.20. The number of halogens is 2. The summed E-state index contributed by atoms with van der Waals surface area (Å²) in [7, 11) is 1.64. The Morgan fingerprint density at radius 2 is 1.82 bits per heavy atom. The van der Waals surface area contributed by atoms with Crippen LogP contribution in [0.25, 0.3) is 11.1 Å². The van der Waals surface area contributed by atoms with E-state index in [2.05, 4.69) is 28.8 Å². The van der Waals surface area contributed by atoms with Gasteiger partial charge in [-0.3, -0.25) is 4.79 Å². The van der Waals surface area contributed by atoms with E-state index in [-0.39, 0.29) is 36.6 Å². The van der Waals surface area contributed by atoms with Crippen LogP contribution in [0.2, 0.25) is 0 Å². The van der Waals surface area contributed by atoms with E-state index in [0.717, 1.165) is 40.0 Å². The molecular formula is C32H33F2N3O3. The molecule has 2 aliphatic carbocycles. The minimum absolute atomic E-state index is 0.0304. The zero-order chi connectivity index (χ0) is 27.9. The first kappa shape index (κ1) is 26.3. The summed E-state index contributed by atoms with van der Waals surface area (Å²) < 4.78 is 32.1. The van der Waals surface area contributed by atoms with E-state index >= 15 is 0 Å². The highest BCUT2D eigenvalue weighted by atomic mass is 19.3. The maximum absolute atomic E-state index is 13.3. The number of carbonyl (C=O) groups excluding carboxylic acids is 2. The molecule has 40 heavy (non-hydrogen) atoms. The molecule has 2 N–H and O–H groups in total. The third-order valence-corrected chi connectivity index (χ3v) is 8.40. The molecule has 8 heteroatoms. The van der Waals surface area contributed by atoms with Crippen LogP contribution in [-0.2, 0) is 24.3 Å². The van der Waals surface area contributed by atoms with Crippen molar-refractivity contribution in [1.82, 2.24) is 15.5 Å². The van der Waals surface area contributed by atoms with Crippen molar-refractivity contribution in [3.63, 3.8) is 0 Å². The molecule has 0 spiro atoms. The number of fused-ring (bicyclic) bond motifs is 1. The quantitative estimate of drug-likeness (QED) is 0.403. The van der Waals surface area contributed by atoms with Crippen molar-refractivity contribution in [3.8, 4) is 16.9 Å². The molecule has 2 fully saturated rings. The zero-order valence-electron chi connectivity index (χ0n) is 22.5. The van der Waals surface area contributed by atoms with E-state index in [4.69, 9.17) is 4.74 Å².